The molecule has 23 heavy (non-hydrogen) atoms. The third-order valence-corrected chi connectivity index (χ3v) is 3.21. The van der Waals surface area contributed by atoms with Gasteiger partial charge in [-0.2, -0.15) is 0 Å². The number of rotatable bonds is 4. The Morgan fingerprint density at radius 2 is 1.74 bits per heavy atom. The Labute approximate surface area is 132 Å². The van der Waals surface area contributed by atoms with E-state index in [1.54, 1.807) is 32.0 Å². The van der Waals surface area contributed by atoms with Gasteiger partial charge < -0.3 is 20.8 Å². The first-order valence-electron chi connectivity index (χ1n) is 6.82. The summed E-state index contributed by atoms with van der Waals surface area (Å²) in [5, 5.41) is 2.63. The van der Waals surface area contributed by atoms with Gasteiger partial charge in [0.15, 0.2) is 0 Å². The molecule has 2 amide bonds. The van der Waals surface area contributed by atoms with E-state index in [0.717, 1.165) is 5.56 Å². The number of aromatic nitrogens is 1. The van der Waals surface area contributed by atoms with E-state index < -0.39 is 17.8 Å². The van der Waals surface area contributed by atoms with Gasteiger partial charge in [0, 0.05) is 16.8 Å². The zero-order valence-corrected chi connectivity index (χ0v) is 13.0. The average Bonchev–Trinajstić information content (AvgIpc) is 2.86. The Hall–Kier alpha value is -3.09. The van der Waals surface area contributed by atoms with Crippen molar-refractivity contribution in [3.8, 4) is 0 Å². The van der Waals surface area contributed by atoms with Crippen LogP contribution in [0.1, 0.15) is 42.5 Å². The quantitative estimate of drug-likeness (QED) is 0.746. The van der Waals surface area contributed by atoms with Gasteiger partial charge in [-0.15, -0.1) is 0 Å². The number of hydrogen-bond acceptors (Lipinski definition) is 4. The molecule has 0 aliphatic carbocycles. The fourth-order valence-electron chi connectivity index (χ4n) is 2.20. The van der Waals surface area contributed by atoms with E-state index in [0.29, 0.717) is 11.4 Å². The molecule has 7 heteroatoms. The highest BCUT2D eigenvalue weighted by molar-refractivity contribution is 6.08. The van der Waals surface area contributed by atoms with Gasteiger partial charge in [0.25, 0.3) is 5.91 Å². The van der Waals surface area contributed by atoms with E-state index in [4.69, 9.17) is 5.73 Å². The molecule has 120 valence electrons. The third kappa shape index (κ3) is 3.57. The number of carbonyl (C=O) groups is 3. The average molecular weight is 315 g/mol. The Balaban J connectivity index is 2.33. The number of nitrogens with two attached hydrogens (primary N) is 1. The van der Waals surface area contributed by atoms with Gasteiger partial charge in [-0.1, -0.05) is 0 Å². The number of benzene rings is 1. The van der Waals surface area contributed by atoms with E-state index in [9.17, 15) is 14.4 Å². The lowest BCUT2D eigenvalue weighted by Gasteiger charge is -2.08. The number of carbonyl (C=O) groups excluding carboxylic acids is 3. The molecule has 0 aliphatic rings. The van der Waals surface area contributed by atoms with Crippen LogP contribution in [-0.2, 0) is 4.74 Å². The maximum Gasteiger partial charge on any atom is 0.356 e. The lowest BCUT2D eigenvalue weighted by atomic mass is 10.1. The van der Waals surface area contributed by atoms with Crippen molar-refractivity contribution in [2.45, 2.75) is 13.8 Å². The normalized spacial score (nSPS) is 10.2. The number of hydrogen-bond donors (Lipinski definition) is 3. The number of primary amides is 1. The zero-order valence-electron chi connectivity index (χ0n) is 13.0. The van der Waals surface area contributed by atoms with Gasteiger partial charge in [0.05, 0.1) is 12.8 Å². The van der Waals surface area contributed by atoms with Gasteiger partial charge in [-0.05, 0) is 43.7 Å². The standard InChI is InChI=1S/C16H17N3O4/c1-8-4-10(14(17)20)7-11(5-8)15(21)19-12-6-9(2)18-13(12)16(22)23-3/h4-7,18H,1-3H3,(H2,17,20)(H,19,21). The SMILES string of the molecule is COC(=O)c1[nH]c(C)cc1NC(=O)c1cc(C)cc(C(N)=O)c1. The first-order valence-corrected chi connectivity index (χ1v) is 6.82. The van der Waals surface area contributed by atoms with Crippen molar-refractivity contribution in [2.75, 3.05) is 12.4 Å². The minimum absolute atomic E-state index is 0.154. The Bertz CT molecular complexity index is 793. The highest BCUT2D eigenvalue weighted by atomic mass is 16.5. The topological polar surface area (TPSA) is 114 Å². The molecule has 0 bridgehead atoms. The summed E-state index contributed by atoms with van der Waals surface area (Å²) in [4.78, 5) is 38.2. The summed E-state index contributed by atoms with van der Waals surface area (Å²) in [7, 11) is 1.25. The molecule has 0 unspecified atom stereocenters. The first-order chi connectivity index (χ1) is 10.8. The number of amides is 2. The summed E-state index contributed by atoms with van der Waals surface area (Å²) < 4.78 is 4.66. The van der Waals surface area contributed by atoms with Crippen LogP contribution < -0.4 is 11.1 Å². The van der Waals surface area contributed by atoms with Crippen molar-refractivity contribution in [1.82, 2.24) is 4.98 Å². The molecule has 2 rings (SSSR count). The smallest absolute Gasteiger partial charge is 0.356 e. The van der Waals surface area contributed by atoms with Gasteiger partial charge in [-0.3, -0.25) is 9.59 Å². The molecule has 0 spiro atoms. The van der Waals surface area contributed by atoms with Crippen molar-refractivity contribution in [2.24, 2.45) is 5.73 Å². The van der Waals surface area contributed by atoms with Crippen molar-refractivity contribution >= 4 is 23.5 Å². The lowest BCUT2D eigenvalue weighted by molar-refractivity contribution is 0.0595. The molecule has 1 aromatic heterocycles. The number of anilines is 1. The summed E-state index contributed by atoms with van der Waals surface area (Å²) in [6, 6.07) is 6.25. The second-order valence-corrected chi connectivity index (χ2v) is 5.14. The number of methoxy groups -OCH3 is 1. The highest BCUT2D eigenvalue weighted by Gasteiger charge is 2.18. The van der Waals surface area contributed by atoms with Crippen LogP contribution in [0.3, 0.4) is 0 Å². The van der Waals surface area contributed by atoms with E-state index >= 15 is 0 Å². The van der Waals surface area contributed by atoms with Crippen molar-refractivity contribution in [3.63, 3.8) is 0 Å². The molecule has 4 N–H and O–H groups in total. The highest BCUT2D eigenvalue weighted by Crippen LogP contribution is 2.19. The van der Waals surface area contributed by atoms with Crippen molar-refractivity contribution < 1.29 is 19.1 Å². The van der Waals surface area contributed by atoms with Gasteiger partial charge >= 0.3 is 5.97 Å². The molecule has 0 saturated carbocycles. The summed E-state index contributed by atoms with van der Waals surface area (Å²) in [5.41, 5.74) is 7.65. The van der Waals surface area contributed by atoms with Gasteiger partial charge in [0.1, 0.15) is 5.69 Å². The van der Waals surface area contributed by atoms with E-state index in [1.807, 2.05) is 0 Å². The molecule has 1 heterocycles. The monoisotopic (exact) mass is 315 g/mol. The van der Waals surface area contributed by atoms with E-state index in [2.05, 4.69) is 15.0 Å². The van der Waals surface area contributed by atoms with Crippen LogP contribution >= 0.6 is 0 Å². The minimum Gasteiger partial charge on any atom is -0.464 e. The fourth-order valence-corrected chi connectivity index (χ4v) is 2.20. The third-order valence-electron chi connectivity index (χ3n) is 3.21. The number of nitrogens with one attached hydrogen (secondary N) is 2. The Morgan fingerprint density at radius 1 is 1.09 bits per heavy atom. The second-order valence-electron chi connectivity index (χ2n) is 5.14. The molecule has 0 saturated heterocycles. The lowest BCUT2D eigenvalue weighted by Crippen LogP contribution is -2.17. The molecule has 0 aliphatic heterocycles. The first kappa shape index (κ1) is 16.3. The van der Waals surface area contributed by atoms with Crippen molar-refractivity contribution in [1.29, 1.82) is 0 Å². The van der Waals surface area contributed by atoms with Crippen LogP contribution in [0.25, 0.3) is 0 Å². The fraction of sp³-hybridized carbons (Fsp3) is 0.188. The largest absolute Gasteiger partial charge is 0.464 e. The molecule has 1 aromatic carbocycles. The summed E-state index contributed by atoms with van der Waals surface area (Å²) in [6.07, 6.45) is 0. The van der Waals surface area contributed by atoms with Crippen molar-refractivity contribution in [3.05, 3.63) is 52.3 Å². The zero-order chi connectivity index (χ0) is 17.1. The molecule has 2 aromatic rings. The Kier molecular flexibility index (Phi) is 4.49. The minimum atomic E-state index is -0.615. The van der Waals surface area contributed by atoms with Gasteiger partial charge in [-0.25, -0.2) is 4.79 Å². The van der Waals surface area contributed by atoms with Crippen LogP contribution in [0.2, 0.25) is 0 Å². The van der Waals surface area contributed by atoms with Gasteiger partial charge in [0.2, 0.25) is 5.91 Å². The molecule has 7 nitrogen and oxygen atoms in total. The number of aryl methyl sites for hydroxylation is 2. The van der Waals surface area contributed by atoms with Crippen LogP contribution in [0.4, 0.5) is 5.69 Å². The second kappa shape index (κ2) is 6.35. The Morgan fingerprint density at radius 3 is 2.35 bits per heavy atom. The molecular weight excluding hydrogens is 298 g/mol. The molecule has 0 atom stereocenters. The molecule has 0 radical (unpaired) electrons. The predicted molar refractivity (Wildman–Crippen MR) is 84.5 cm³/mol. The van der Waals surface area contributed by atoms with Crippen LogP contribution in [0.15, 0.2) is 24.3 Å². The van der Waals surface area contributed by atoms with E-state index in [1.165, 1.54) is 13.2 Å². The van der Waals surface area contributed by atoms with Crippen LogP contribution in [0, 0.1) is 13.8 Å². The van der Waals surface area contributed by atoms with E-state index in [-0.39, 0.29) is 16.8 Å². The maximum absolute atomic E-state index is 12.4. The predicted octanol–water partition coefficient (Wildman–Crippen LogP) is 1.77. The summed E-state index contributed by atoms with van der Waals surface area (Å²) in [6.45, 7) is 3.50. The maximum atomic E-state index is 12.4. The summed E-state index contributed by atoms with van der Waals surface area (Å²) >= 11 is 0. The molecular formula is C16H17N3O4. The number of H-pyrrole nitrogens is 1. The number of aromatic amines is 1. The summed E-state index contributed by atoms with van der Waals surface area (Å²) in [5.74, 6) is -1.66. The van der Waals surface area contributed by atoms with Crippen LogP contribution in [0.5, 0.6) is 0 Å². The molecule has 0 fully saturated rings. The van der Waals surface area contributed by atoms with Crippen LogP contribution in [-0.4, -0.2) is 29.9 Å². The number of ether oxygens (including phenoxy) is 1. The number of esters is 1.